The molecule has 9 heteroatoms. The Morgan fingerprint density at radius 2 is 2.22 bits per heavy atom. The summed E-state index contributed by atoms with van der Waals surface area (Å²) in [7, 11) is 0. The van der Waals surface area contributed by atoms with Crippen molar-refractivity contribution in [2.24, 2.45) is 0 Å². The number of carbonyl (C=O) groups is 1. The molecule has 2 aromatic heterocycles. The predicted molar refractivity (Wildman–Crippen MR) is 96.3 cm³/mol. The SMILES string of the molecule is O=C(c1cc(-n2cnnn2)ccc1O)N1CCCC[C@H]1CCn1cccn1. The van der Waals surface area contributed by atoms with Gasteiger partial charge in [-0.05, 0) is 60.4 Å². The minimum atomic E-state index is -0.160. The molecule has 4 rings (SSSR count). The largest absolute Gasteiger partial charge is 0.507 e. The third-order valence-corrected chi connectivity index (χ3v) is 4.96. The molecule has 0 unspecified atom stereocenters. The highest BCUT2D eigenvalue weighted by atomic mass is 16.3. The Kier molecular flexibility index (Phi) is 4.82. The molecule has 3 aromatic rings. The van der Waals surface area contributed by atoms with Crippen molar-refractivity contribution in [3.63, 3.8) is 0 Å². The number of phenolic OH excluding ortho intramolecular Hbond substituents is 1. The summed E-state index contributed by atoms with van der Waals surface area (Å²) in [4.78, 5) is 15.1. The monoisotopic (exact) mass is 367 g/mol. The summed E-state index contributed by atoms with van der Waals surface area (Å²) in [5.41, 5.74) is 0.903. The second-order valence-corrected chi connectivity index (χ2v) is 6.66. The fraction of sp³-hybridized carbons (Fsp3) is 0.389. The molecule has 0 aliphatic carbocycles. The van der Waals surface area contributed by atoms with Crippen LogP contribution < -0.4 is 0 Å². The average molecular weight is 367 g/mol. The number of amides is 1. The number of tetrazole rings is 1. The Morgan fingerprint density at radius 1 is 1.30 bits per heavy atom. The van der Waals surface area contributed by atoms with Crippen LogP contribution in [0.5, 0.6) is 5.75 Å². The molecule has 1 N–H and O–H groups in total. The Balaban J connectivity index is 1.55. The molecular formula is C18H21N7O2. The first kappa shape index (κ1) is 17.2. The molecule has 1 aromatic carbocycles. The number of piperidine rings is 1. The molecule has 1 aliphatic heterocycles. The lowest BCUT2D eigenvalue weighted by atomic mass is 9.98. The van der Waals surface area contributed by atoms with Crippen molar-refractivity contribution in [2.75, 3.05) is 6.54 Å². The number of likely N-dealkylation sites (tertiary alicyclic amines) is 1. The predicted octanol–water partition coefficient (Wildman–Crippen LogP) is 1.65. The zero-order valence-corrected chi connectivity index (χ0v) is 14.8. The normalized spacial score (nSPS) is 17.2. The molecule has 0 saturated carbocycles. The van der Waals surface area contributed by atoms with Crippen molar-refractivity contribution < 1.29 is 9.90 Å². The molecule has 1 fully saturated rings. The van der Waals surface area contributed by atoms with Crippen molar-refractivity contribution in [2.45, 2.75) is 38.3 Å². The van der Waals surface area contributed by atoms with Crippen molar-refractivity contribution in [3.05, 3.63) is 48.5 Å². The molecule has 0 bridgehead atoms. The third-order valence-electron chi connectivity index (χ3n) is 4.96. The van der Waals surface area contributed by atoms with Crippen LogP contribution in [0.3, 0.4) is 0 Å². The smallest absolute Gasteiger partial charge is 0.257 e. The van der Waals surface area contributed by atoms with Gasteiger partial charge in [-0.3, -0.25) is 9.48 Å². The van der Waals surface area contributed by atoms with E-state index < -0.39 is 0 Å². The molecular weight excluding hydrogens is 346 g/mol. The topological polar surface area (TPSA) is 102 Å². The molecule has 1 amide bonds. The van der Waals surface area contributed by atoms with E-state index in [1.165, 1.54) is 17.1 Å². The summed E-state index contributed by atoms with van der Waals surface area (Å²) >= 11 is 0. The van der Waals surface area contributed by atoms with E-state index in [0.29, 0.717) is 12.2 Å². The molecule has 9 nitrogen and oxygen atoms in total. The van der Waals surface area contributed by atoms with Gasteiger partial charge in [0.2, 0.25) is 0 Å². The van der Waals surface area contributed by atoms with Crippen LogP contribution in [0.25, 0.3) is 5.69 Å². The Bertz CT molecular complexity index is 893. The molecule has 27 heavy (non-hydrogen) atoms. The van der Waals surface area contributed by atoms with Crippen molar-refractivity contribution in [1.82, 2.24) is 34.9 Å². The van der Waals surface area contributed by atoms with Crippen LogP contribution in [0.2, 0.25) is 0 Å². The van der Waals surface area contributed by atoms with E-state index in [2.05, 4.69) is 20.6 Å². The van der Waals surface area contributed by atoms with Crippen LogP contribution in [0.1, 0.15) is 36.0 Å². The maximum Gasteiger partial charge on any atom is 0.257 e. The first-order chi connectivity index (χ1) is 13.2. The number of aromatic hydroxyl groups is 1. The lowest BCUT2D eigenvalue weighted by molar-refractivity contribution is 0.0591. The van der Waals surface area contributed by atoms with Gasteiger partial charge in [-0.1, -0.05) is 0 Å². The molecule has 1 aliphatic rings. The number of phenols is 1. The zero-order valence-electron chi connectivity index (χ0n) is 14.8. The maximum atomic E-state index is 13.2. The molecule has 140 valence electrons. The average Bonchev–Trinajstić information content (AvgIpc) is 3.40. The number of carbonyl (C=O) groups excluding carboxylic acids is 1. The molecule has 3 heterocycles. The second kappa shape index (κ2) is 7.56. The van der Waals surface area contributed by atoms with Gasteiger partial charge in [-0.25, -0.2) is 4.68 Å². The highest BCUT2D eigenvalue weighted by molar-refractivity contribution is 5.97. The summed E-state index contributed by atoms with van der Waals surface area (Å²) < 4.78 is 3.34. The molecule has 0 spiro atoms. The van der Waals surface area contributed by atoms with Gasteiger partial charge >= 0.3 is 0 Å². The van der Waals surface area contributed by atoms with Gasteiger partial charge in [0.15, 0.2) is 0 Å². The van der Waals surface area contributed by atoms with E-state index in [9.17, 15) is 9.90 Å². The van der Waals surface area contributed by atoms with Gasteiger partial charge in [-0.2, -0.15) is 5.10 Å². The fourth-order valence-electron chi connectivity index (χ4n) is 3.55. The number of nitrogens with zero attached hydrogens (tertiary/aromatic N) is 7. The standard InChI is InChI=1S/C18H21N7O2/c26-17-6-5-15(25-13-19-21-22-25)12-16(17)18(27)24-10-2-1-4-14(24)7-11-23-9-3-8-20-23/h3,5-6,8-9,12-14,26H,1-2,4,7,10-11H2/t14-/m0/s1. The summed E-state index contributed by atoms with van der Waals surface area (Å²) in [5, 5.41) is 25.6. The number of hydrogen-bond donors (Lipinski definition) is 1. The number of aromatic nitrogens is 6. The lowest BCUT2D eigenvalue weighted by Gasteiger charge is -2.36. The fourth-order valence-corrected chi connectivity index (χ4v) is 3.55. The van der Waals surface area contributed by atoms with E-state index in [4.69, 9.17) is 0 Å². The van der Waals surface area contributed by atoms with Crippen LogP contribution in [-0.4, -0.2) is 58.5 Å². The van der Waals surface area contributed by atoms with Crippen LogP contribution in [0.15, 0.2) is 43.0 Å². The first-order valence-corrected chi connectivity index (χ1v) is 9.07. The van der Waals surface area contributed by atoms with Crippen molar-refractivity contribution in [1.29, 1.82) is 0 Å². The van der Waals surface area contributed by atoms with Gasteiger partial charge in [0, 0.05) is 31.5 Å². The van der Waals surface area contributed by atoms with Crippen LogP contribution >= 0.6 is 0 Å². The summed E-state index contributed by atoms with van der Waals surface area (Å²) in [5.74, 6) is -0.194. The Labute approximate surface area is 156 Å². The lowest BCUT2D eigenvalue weighted by Crippen LogP contribution is -2.44. The minimum absolute atomic E-state index is 0.0341. The number of aryl methyl sites for hydroxylation is 1. The van der Waals surface area contributed by atoms with E-state index in [1.54, 1.807) is 18.3 Å². The van der Waals surface area contributed by atoms with E-state index >= 15 is 0 Å². The number of rotatable bonds is 5. The van der Waals surface area contributed by atoms with E-state index in [1.807, 2.05) is 21.8 Å². The summed E-state index contributed by atoms with van der Waals surface area (Å²) in [6, 6.07) is 6.84. The van der Waals surface area contributed by atoms with Crippen LogP contribution in [-0.2, 0) is 6.54 Å². The number of hydrogen-bond acceptors (Lipinski definition) is 6. The van der Waals surface area contributed by atoms with E-state index in [0.717, 1.165) is 32.2 Å². The Hall–Kier alpha value is -3.23. The van der Waals surface area contributed by atoms with Crippen LogP contribution in [0.4, 0.5) is 0 Å². The summed E-state index contributed by atoms with van der Waals surface area (Å²) in [6.07, 6.45) is 9.00. The van der Waals surface area contributed by atoms with Gasteiger partial charge in [0.1, 0.15) is 12.1 Å². The van der Waals surface area contributed by atoms with Gasteiger partial charge in [0.05, 0.1) is 11.3 Å². The highest BCUT2D eigenvalue weighted by Gasteiger charge is 2.29. The molecule has 1 saturated heterocycles. The van der Waals surface area contributed by atoms with Crippen molar-refractivity contribution in [3.8, 4) is 11.4 Å². The molecule has 1 atom stereocenters. The minimum Gasteiger partial charge on any atom is -0.507 e. The highest BCUT2D eigenvalue weighted by Crippen LogP contribution is 2.27. The molecule has 0 radical (unpaired) electrons. The van der Waals surface area contributed by atoms with Crippen LogP contribution in [0, 0.1) is 0 Å². The quantitative estimate of drug-likeness (QED) is 0.736. The maximum absolute atomic E-state index is 13.2. The zero-order chi connectivity index (χ0) is 18.6. The third kappa shape index (κ3) is 3.67. The van der Waals surface area contributed by atoms with Gasteiger partial charge in [0.25, 0.3) is 5.91 Å². The first-order valence-electron chi connectivity index (χ1n) is 9.07. The van der Waals surface area contributed by atoms with E-state index in [-0.39, 0.29) is 23.3 Å². The summed E-state index contributed by atoms with van der Waals surface area (Å²) in [6.45, 7) is 1.45. The van der Waals surface area contributed by atoms with Gasteiger partial charge < -0.3 is 10.0 Å². The number of benzene rings is 1. The Morgan fingerprint density at radius 3 is 3.00 bits per heavy atom. The second-order valence-electron chi connectivity index (χ2n) is 6.66. The van der Waals surface area contributed by atoms with Gasteiger partial charge in [-0.15, -0.1) is 5.10 Å². The van der Waals surface area contributed by atoms with Crippen molar-refractivity contribution >= 4 is 5.91 Å².